The van der Waals surface area contributed by atoms with Gasteiger partial charge in [0.15, 0.2) is 17.6 Å². The number of aldehydes is 1. The monoisotopic (exact) mass is 477 g/mol. The van der Waals surface area contributed by atoms with Crippen molar-refractivity contribution in [2.24, 2.45) is 0 Å². The molecule has 0 bridgehead atoms. The van der Waals surface area contributed by atoms with Crippen LogP contribution in [-0.2, 0) is 6.54 Å². The van der Waals surface area contributed by atoms with Crippen molar-refractivity contribution in [3.63, 3.8) is 0 Å². The first-order valence-corrected chi connectivity index (χ1v) is 11.4. The van der Waals surface area contributed by atoms with Crippen molar-refractivity contribution in [3.8, 4) is 5.75 Å². The largest absolute Gasteiger partial charge is 0.505 e. The average molecular weight is 478 g/mol. The Bertz CT molecular complexity index is 1490. The third-order valence-corrected chi connectivity index (χ3v) is 6.64. The number of rotatable bonds is 7. The predicted octanol–water partition coefficient (Wildman–Crippen LogP) is 2.68. The van der Waals surface area contributed by atoms with Gasteiger partial charge < -0.3 is 10.0 Å². The average Bonchev–Trinajstić information content (AvgIpc) is 3.21. The van der Waals surface area contributed by atoms with Gasteiger partial charge >= 0.3 is 0 Å². The number of aromatic hydroxyl groups is 1. The van der Waals surface area contributed by atoms with Crippen LogP contribution in [0.2, 0.25) is 0 Å². The third-order valence-electron chi connectivity index (χ3n) is 6.64. The molecule has 1 aliphatic heterocycles. The fraction of sp³-hybridized carbons (Fsp3) is 0.292. The number of aromatic amines is 1. The summed E-state index contributed by atoms with van der Waals surface area (Å²) in [6.07, 6.45) is 1.34. The molecule has 3 aromatic carbocycles. The first kappa shape index (κ1) is 22.5. The Morgan fingerprint density at radius 3 is 2.43 bits per heavy atom. The van der Waals surface area contributed by atoms with Crippen LogP contribution in [-0.4, -0.2) is 63.7 Å². The molecular weight excluding hydrogens is 452 g/mol. The Labute approximate surface area is 199 Å². The molecule has 1 saturated heterocycles. The number of carbonyl (C=O) groups excluding carboxylic acids is 1. The van der Waals surface area contributed by atoms with E-state index < -0.39 is 0 Å². The molecule has 0 spiro atoms. The number of H-pyrrole nitrogens is 1. The number of nitrogens with one attached hydrogen (secondary N) is 1. The molecule has 1 fully saturated rings. The van der Waals surface area contributed by atoms with Gasteiger partial charge in [-0.05, 0) is 17.9 Å². The second-order valence-electron chi connectivity index (χ2n) is 8.59. The van der Waals surface area contributed by atoms with Crippen LogP contribution >= 0.6 is 0 Å². The quantitative estimate of drug-likeness (QED) is 0.181. The Morgan fingerprint density at radius 1 is 1.03 bits per heavy atom. The highest BCUT2D eigenvalue weighted by Crippen LogP contribution is 2.35. The predicted molar refractivity (Wildman–Crippen MR) is 131 cm³/mol. The first-order chi connectivity index (χ1) is 17.0. The van der Waals surface area contributed by atoms with Crippen molar-refractivity contribution in [2.75, 3.05) is 37.6 Å². The third kappa shape index (κ3) is 3.99. The Kier molecular flexibility index (Phi) is 5.91. The maximum atomic E-state index is 12.6. The summed E-state index contributed by atoms with van der Waals surface area (Å²) < 4.78 is 1.97. The van der Waals surface area contributed by atoms with Crippen molar-refractivity contribution in [1.29, 1.82) is 0 Å². The van der Waals surface area contributed by atoms with Crippen LogP contribution in [0.25, 0.3) is 21.8 Å². The van der Waals surface area contributed by atoms with Gasteiger partial charge in [0.25, 0.3) is 10.3 Å². The molecule has 11 heteroatoms. The van der Waals surface area contributed by atoms with Gasteiger partial charge in [0.1, 0.15) is 11.2 Å². The molecule has 0 unspecified atom stereocenters. The van der Waals surface area contributed by atoms with Crippen molar-refractivity contribution in [1.82, 2.24) is 14.7 Å². The van der Waals surface area contributed by atoms with Crippen LogP contribution in [0.5, 0.6) is 5.75 Å². The second kappa shape index (κ2) is 9.18. The van der Waals surface area contributed by atoms with E-state index in [0.717, 1.165) is 19.6 Å². The van der Waals surface area contributed by atoms with Gasteiger partial charge in [-0.3, -0.25) is 19.8 Å². The van der Waals surface area contributed by atoms with Crippen LogP contribution < -0.4 is 9.56 Å². The number of hydrogen-bond donors (Lipinski definition) is 2. The Balaban J connectivity index is 1.29. The lowest BCUT2D eigenvalue weighted by Gasteiger charge is -2.35. The highest BCUT2D eigenvalue weighted by Gasteiger charge is 2.26. The number of nitro groups is 1. The van der Waals surface area contributed by atoms with Crippen LogP contribution in [0.3, 0.4) is 0 Å². The SMILES string of the molecule is O=Cc1c2ccccc2c(O)c2c1[nH][n+](=O)n2CCCN1CCN(c2ccccc2[N+](=O)[O-])CC1. The van der Waals surface area contributed by atoms with Crippen molar-refractivity contribution >= 4 is 39.5 Å². The molecule has 0 atom stereocenters. The standard InChI is InChI=1S/C24H24N6O5/c31-16-19-17-6-1-2-7-18(17)24(32)23-22(19)25-30(35)28(23)11-5-10-26-12-14-27(15-13-26)20-8-3-4-9-21(20)29(33)34/h1-4,6-9,16H,5,10-15H2,(H-,25,31,32,35)/p+1. The summed E-state index contributed by atoms with van der Waals surface area (Å²) in [7, 11) is 0. The number of hydrogen-bond acceptors (Lipinski definition) is 7. The summed E-state index contributed by atoms with van der Waals surface area (Å²) in [6, 6.07) is 13.8. The lowest BCUT2D eigenvalue weighted by molar-refractivity contribution is -0.649. The summed E-state index contributed by atoms with van der Waals surface area (Å²) in [5, 5.41) is 26.0. The Morgan fingerprint density at radius 2 is 1.71 bits per heavy atom. The number of phenolic OH excluding ortho intramolecular Hbond substituents is 1. The zero-order chi connectivity index (χ0) is 24.5. The van der Waals surface area contributed by atoms with Crippen LogP contribution in [0, 0.1) is 15.0 Å². The van der Waals surface area contributed by atoms with Gasteiger partial charge in [0.05, 0.1) is 21.9 Å². The summed E-state index contributed by atoms with van der Waals surface area (Å²) in [4.78, 5) is 39.7. The van der Waals surface area contributed by atoms with Gasteiger partial charge in [-0.25, -0.2) is 0 Å². The first-order valence-electron chi connectivity index (χ1n) is 11.4. The van der Waals surface area contributed by atoms with E-state index in [4.69, 9.17) is 0 Å². The molecule has 11 nitrogen and oxygen atoms in total. The number of anilines is 1. The highest BCUT2D eigenvalue weighted by atomic mass is 16.6. The van der Waals surface area contributed by atoms with Gasteiger partial charge in [0.2, 0.25) is 0 Å². The molecule has 5 rings (SSSR count). The number of fused-ring (bicyclic) bond motifs is 2. The number of nitro benzene ring substituents is 1. The van der Waals surface area contributed by atoms with Gasteiger partial charge in [-0.2, -0.15) is 0 Å². The van der Waals surface area contributed by atoms with Crippen LogP contribution in [0.1, 0.15) is 16.8 Å². The fourth-order valence-corrected chi connectivity index (χ4v) is 4.91. The van der Waals surface area contributed by atoms with Crippen LogP contribution in [0.4, 0.5) is 11.4 Å². The number of nitrogens with zero attached hydrogens (tertiary/aromatic N) is 5. The lowest BCUT2D eigenvalue weighted by atomic mass is 10.0. The minimum absolute atomic E-state index is 0.0369. The van der Waals surface area contributed by atoms with E-state index in [-0.39, 0.29) is 16.4 Å². The number of aryl methyl sites for hydroxylation is 1. The van der Waals surface area contributed by atoms with Crippen molar-refractivity contribution in [3.05, 3.63) is 69.1 Å². The maximum absolute atomic E-state index is 12.6. The highest BCUT2D eigenvalue weighted by molar-refractivity contribution is 6.13. The molecule has 0 radical (unpaired) electrons. The minimum atomic E-state index is -0.354. The van der Waals surface area contributed by atoms with Crippen molar-refractivity contribution in [2.45, 2.75) is 13.0 Å². The normalized spacial score (nSPS) is 14.6. The smallest absolute Gasteiger partial charge is 0.292 e. The summed E-state index contributed by atoms with van der Waals surface area (Å²) in [6.45, 7) is 3.89. The topological polar surface area (TPSA) is 131 Å². The molecular formula is C24H25N6O5+. The molecule has 2 N–H and O–H groups in total. The van der Waals surface area contributed by atoms with E-state index in [1.807, 2.05) is 4.90 Å². The molecule has 1 aliphatic rings. The number of aromatic nitrogens is 3. The number of phenols is 1. The lowest BCUT2D eigenvalue weighted by Crippen LogP contribution is -2.47. The van der Waals surface area contributed by atoms with E-state index in [1.165, 1.54) is 10.7 Å². The van der Waals surface area contributed by atoms with Gasteiger partial charge in [0, 0.05) is 44.2 Å². The van der Waals surface area contributed by atoms with Gasteiger partial charge in [-0.1, -0.05) is 46.2 Å². The molecule has 0 aliphatic carbocycles. The minimum Gasteiger partial charge on any atom is -0.505 e. The zero-order valence-electron chi connectivity index (χ0n) is 19.0. The van der Waals surface area contributed by atoms with E-state index >= 15 is 0 Å². The second-order valence-corrected chi connectivity index (χ2v) is 8.59. The fourth-order valence-electron chi connectivity index (χ4n) is 4.91. The van der Waals surface area contributed by atoms with Crippen LogP contribution in [0.15, 0.2) is 48.5 Å². The molecule has 35 heavy (non-hydrogen) atoms. The zero-order valence-corrected chi connectivity index (χ0v) is 19.0. The number of benzene rings is 3. The molecule has 0 amide bonds. The summed E-state index contributed by atoms with van der Waals surface area (Å²) in [5.41, 5.74) is 1.69. The maximum Gasteiger partial charge on any atom is 0.292 e. The number of piperazine rings is 1. The number of para-hydroxylation sites is 2. The molecule has 0 saturated carbocycles. The summed E-state index contributed by atoms with van der Waals surface area (Å²) >= 11 is 0. The van der Waals surface area contributed by atoms with E-state index in [0.29, 0.717) is 70.1 Å². The number of carbonyl (C=O) groups is 1. The van der Waals surface area contributed by atoms with Gasteiger partial charge in [-0.15, -0.1) is 0 Å². The van der Waals surface area contributed by atoms with E-state index in [2.05, 4.69) is 10.00 Å². The van der Waals surface area contributed by atoms with E-state index in [1.54, 1.807) is 42.5 Å². The Hall–Kier alpha value is -4.25. The molecule has 2 heterocycles. The van der Waals surface area contributed by atoms with E-state index in [9.17, 15) is 24.9 Å². The molecule has 1 aromatic heterocycles. The molecule has 180 valence electrons. The van der Waals surface area contributed by atoms with Crippen molar-refractivity contribution < 1.29 is 19.5 Å². The summed E-state index contributed by atoms with van der Waals surface area (Å²) in [5.74, 6) is -0.0369. The molecule has 4 aromatic rings.